The van der Waals surface area contributed by atoms with Gasteiger partial charge in [-0.1, -0.05) is 6.92 Å². The fourth-order valence-electron chi connectivity index (χ4n) is 2.28. The van der Waals surface area contributed by atoms with E-state index in [4.69, 9.17) is 5.14 Å². The monoisotopic (exact) mass is 300 g/mol. The Kier molecular flexibility index (Phi) is 4.13. The molecule has 0 spiro atoms. The second-order valence-corrected chi connectivity index (χ2v) is 8.21. The lowest BCUT2D eigenvalue weighted by atomic mass is 10.1. The molecule has 6 heteroatoms. The van der Waals surface area contributed by atoms with E-state index in [2.05, 4.69) is 12.2 Å². The van der Waals surface area contributed by atoms with Crippen LogP contribution < -0.4 is 10.5 Å². The van der Waals surface area contributed by atoms with E-state index in [-0.39, 0.29) is 4.90 Å². The molecule has 1 aromatic rings. The van der Waals surface area contributed by atoms with Crippen LogP contribution in [0.2, 0.25) is 0 Å². The summed E-state index contributed by atoms with van der Waals surface area (Å²) < 4.78 is 23.0. The quantitative estimate of drug-likeness (QED) is 0.898. The molecule has 1 fully saturated rings. The molecule has 4 nitrogen and oxygen atoms in total. The Balaban J connectivity index is 2.31. The summed E-state index contributed by atoms with van der Waals surface area (Å²) in [6.07, 6.45) is 1.10. The predicted octanol–water partition coefficient (Wildman–Crippen LogP) is 2.26. The van der Waals surface area contributed by atoms with Gasteiger partial charge in [0.25, 0.3) is 0 Å². The molecule has 3 N–H and O–H groups in total. The smallest absolute Gasteiger partial charge is 0.238 e. The third-order valence-corrected chi connectivity index (χ3v) is 5.78. The Hall–Kier alpha value is -0.720. The van der Waals surface area contributed by atoms with Crippen molar-refractivity contribution in [3.8, 4) is 0 Å². The highest BCUT2D eigenvalue weighted by molar-refractivity contribution is 8.00. The van der Waals surface area contributed by atoms with Crippen LogP contribution in [0.3, 0.4) is 0 Å². The number of benzene rings is 1. The second-order valence-electron chi connectivity index (χ2n) is 5.18. The average molecular weight is 300 g/mol. The van der Waals surface area contributed by atoms with Crippen molar-refractivity contribution in [2.75, 3.05) is 11.1 Å². The number of thioether (sulfide) groups is 1. The predicted molar refractivity (Wildman–Crippen MR) is 81.2 cm³/mol. The summed E-state index contributed by atoms with van der Waals surface area (Å²) in [4.78, 5) is 0.178. The van der Waals surface area contributed by atoms with Crippen molar-refractivity contribution in [3.63, 3.8) is 0 Å². The summed E-state index contributed by atoms with van der Waals surface area (Å²) in [5.41, 5.74) is 2.90. The number of primary sulfonamides is 1. The van der Waals surface area contributed by atoms with Gasteiger partial charge >= 0.3 is 0 Å². The van der Waals surface area contributed by atoms with Crippen LogP contribution >= 0.6 is 11.8 Å². The maximum Gasteiger partial charge on any atom is 0.238 e. The first-order valence-electron chi connectivity index (χ1n) is 6.29. The average Bonchev–Trinajstić information content (AvgIpc) is 2.69. The maximum atomic E-state index is 11.5. The third-order valence-electron chi connectivity index (χ3n) is 3.53. The number of anilines is 1. The van der Waals surface area contributed by atoms with Gasteiger partial charge in [0, 0.05) is 22.7 Å². The molecule has 1 heterocycles. The van der Waals surface area contributed by atoms with Crippen LogP contribution in [0.1, 0.15) is 24.5 Å². The SMILES string of the molecule is Cc1cc(S(N)(=O)=O)cc(NC2CSC(C)C2)c1C. The van der Waals surface area contributed by atoms with Crippen molar-refractivity contribution in [1.29, 1.82) is 0 Å². The number of rotatable bonds is 3. The number of nitrogens with one attached hydrogen (secondary N) is 1. The number of hydrogen-bond acceptors (Lipinski definition) is 4. The van der Waals surface area contributed by atoms with Crippen LogP contribution in [0.5, 0.6) is 0 Å². The van der Waals surface area contributed by atoms with Crippen molar-refractivity contribution >= 4 is 27.5 Å². The molecule has 1 saturated heterocycles. The second kappa shape index (κ2) is 5.34. The van der Waals surface area contributed by atoms with E-state index < -0.39 is 10.0 Å². The fourth-order valence-corrected chi connectivity index (χ4v) is 4.05. The van der Waals surface area contributed by atoms with Crippen molar-refractivity contribution in [2.24, 2.45) is 5.14 Å². The van der Waals surface area contributed by atoms with E-state index in [9.17, 15) is 8.42 Å². The van der Waals surface area contributed by atoms with Crippen LogP contribution in [0.4, 0.5) is 5.69 Å². The van der Waals surface area contributed by atoms with Gasteiger partial charge in [-0.2, -0.15) is 11.8 Å². The molecule has 0 amide bonds. The van der Waals surface area contributed by atoms with Crippen LogP contribution in [-0.4, -0.2) is 25.5 Å². The van der Waals surface area contributed by atoms with E-state index in [1.807, 2.05) is 25.6 Å². The highest BCUT2D eigenvalue weighted by Gasteiger charge is 2.23. The van der Waals surface area contributed by atoms with Gasteiger partial charge in [-0.15, -0.1) is 0 Å². The molecule has 106 valence electrons. The van der Waals surface area contributed by atoms with Gasteiger partial charge in [0.2, 0.25) is 10.0 Å². The minimum Gasteiger partial charge on any atom is -0.381 e. The summed E-state index contributed by atoms with van der Waals surface area (Å²) in [7, 11) is -3.65. The summed E-state index contributed by atoms with van der Waals surface area (Å²) in [5, 5.41) is 9.32. The highest BCUT2D eigenvalue weighted by atomic mass is 32.2. The van der Waals surface area contributed by atoms with Crippen LogP contribution in [0, 0.1) is 13.8 Å². The molecule has 0 radical (unpaired) electrons. The van der Waals surface area contributed by atoms with Crippen molar-refractivity contribution in [1.82, 2.24) is 0 Å². The summed E-state index contributed by atoms with van der Waals surface area (Å²) in [5.74, 6) is 1.05. The van der Waals surface area contributed by atoms with Gasteiger partial charge in [0.1, 0.15) is 0 Å². The number of aryl methyl sites for hydroxylation is 1. The molecular formula is C13H20N2O2S2. The molecule has 1 aliphatic heterocycles. The van der Waals surface area contributed by atoms with Gasteiger partial charge in [-0.05, 0) is 43.5 Å². The number of nitrogens with two attached hydrogens (primary N) is 1. The third kappa shape index (κ3) is 3.43. The zero-order valence-electron chi connectivity index (χ0n) is 11.4. The Morgan fingerprint density at radius 3 is 2.58 bits per heavy atom. The minimum atomic E-state index is -3.65. The normalized spacial score (nSPS) is 23.6. The van der Waals surface area contributed by atoms with Crippen LogP contribution in [-0.2, 0) is 10.0 Å². The van der Waals surface area contributed by atoms with E-state index in [1.54, 1.807) is 12.1 Å². The summed E-state index contributed by atoms with van der Waals surface area (Å²) in [6, 6.07) is 3.67. The van der Waals surface area contributed by atoms with Gasteiger partial charge in [-0.3, -0.25) is 0 Å². The number of hydrogen-bond donors (Lipinski definition) is 2. The molecule has 2 atom stereocenters. The lowest BCUT2D eigenvalue weighted by Gasteiger charge is -2.18. The first-order valence-corrected chi connectivity index (χ1v) is 8.89. The lowest BCUT2D eigenvalue weighted by molar-refractivity contribution is 0.597. The first-order chi connectivity index (χ1) is 8.77. The molecule has 0 saturated carbocycles. The van der Waals surface area contributed by atoms with Crippen LogP contribution in [0.15, 0.2) is 17.0 Å². The Bertz CT molecular complexity index is 585. The topological polar surface area (TPSA) is 72.2 Å². The molecule has 1 aliphatic rings. The molecule has 1 aromatic carbocycles. The van der Waals surface area contributed by atoms with E-state index in [0.717, 1.165) is 29.0 Å². The largest absolute Gasteiger partial charge is 0.381 e. The van der Waals surface area contributed by atoms with Crippen molar-refractivity contribution < 1.29 is 8.42 Å². The summed E-state index contributed by atoms with van der Waals surface area (Å²) in [6.45, 7) is 6.11. The summed E-state index contributed by atoms with van der Waals surface area (Å²) >= 11 is 1.94. The molecule has 0 bridgehead atoms. The van der Waals surface area contributed by atoms with Crippen molar-refractivity contribution in [2.45, 2.75) is 43.4 Å². The Labute approximate surface area is 119 Å². The lowest BCUT2D eigenvalue weighted by Crippen LogP contribution is -2.20. The van der Waals surface area contributed by atoms with E-state index >= 15 is 0 Å². The van der Waals surface area contributed by atoms with E-state index in [1.165, 1.54) is 0 Å². The highest BCUT2D eigenvalue weighted by Crippen LogP contribution is 2.30. The van der Waals surface area contributed by atoms with Gasteiger partial charge in [0.05, 0.1) is 4.90 Å². The Morgan fingerprint density at radius 1 is 1.37 bits per heavy atom. The molecular weight excluding hydrogens is 280 g/mol. The fraction of sp³-hybridized carbons (Fsp3) is 0.538. The molecule has 0 aliphatic carbocycles. The van der Waals surface area contributed by atoms with Gasteiger partial charge in [-0.25, -0.2) is 13.6 Å². The van der Waals surface area contributed by atoms with Crippen molar-refractivity contribution in [3.05, 3.63) is 23.3 Å². The number of sulfonamides is 1. The standard InChI is InChI=1S/C13H20N2O2S2/c1-8-4-12(19(14,16)17)6-13(10(8)3)15-11-5-9(2)18-7-11/h4,6,9,11,15H,5,7H2,1-3H3,(H2,14,16,17). The molecule has 2 rings (SSSR count). The Morgan fingerprint density at radius 2 is 2.05 bits per heavy atom. The van der Waals surface area contributed by atoms with Gasteiger partial charge in [0.15, 0.2) is 0 Å². The minimum absolute atomic E-state index is 0.178. The zero-order chi connectivity index (χ0) is 14.2. The first kappa shape index (κ1) is 14.7. The molecule has 0 aromatic heterocycles. The van der Waals surface area contributed by atoms with Crippen LogP contribution in [0.25, 0.3) is 0 Å². The molecule has 2 unspecified atom stereocenters. The molecule has 19 heavy (non-hydrogen) atoms. The van der Waals surface area contributed by atoms with E-state index in [0.29, 0.717) is 11.3 Å². The van der Waals surface area contributed by atoms with Gasteiger partial charge < -0.3 is 5.32 Å². The zero-order valence-corrected chi connectivity index (χ0v) is 13.1. The maximum absolute atomic E-state index is 11.5.